The molecule has 0 spiro atoms. The van der Waals surface area contributed by atoms with Gasteiger partial charge in [-0.25, -0.2) is 0 Å². The number of nitrogens with two attached hydrogens (primary N) is 1. The van der Waals surface area contributed by atoms with Crippen molar-refractivity contribution in [1.29, 1.82) is 5.26 Å². The van der Waals surface area contributed by atoms with Crippen LogP contribution in [0.2, 0.25) is 0 Å². The van der Waals surface area contributed by atoms with E-state index in [0.29, 0.717) is 5.56 Å². The highest BCUT2D eigenvalue weighted by Gasteiger charge is 2.05. The Hall–Kier alpha value is -2.38. The number of pyridine rings is 1. The molecule has 0 radical (unpaired) electrons. The number of fused-ring (bicyclic) bond motifs is 1. The van der Waals surface area contributed by atoms with Gasteiger partial charge in [-0.3, -0.25) is 4.98 Å². The predicted molar refractivity (Wildman–Crippen MR) is 74.2 cm³/mol. The fourth-order valence-corrected chi connectivity index (χ4v) is 2.86. The Morgan fingerprint density at radius 1 is 1.17 bits per heavy atom. The number of anilines is 1. The van der Waals surface area contributed by atoms with Crippen LogP contribution in [-0.2, 0) is 0 Å². The number of hydrogen-bond donors (Lipinski definition) is 1. The zero-order chi connectivity index (χ0) is 12.5. The molecule has 0 aliphatic heterocycles. The summed E-state index contributed by atoms with van der Waals surface area (Å²) in [7, 11) is 0. The van der Waals surface area contributed by atoms with Gasteiger partial charge < -0.3 is 5.73 Å². The van der Waals surface area contributed by atoms with Crippen molar-refractivity contribution >= 4 is 27.1 Å². The van der Waals surface area contributed by atoms with Gasteiger partial charge >= 0.3 is 0 Å². The van der Waals surface area contributed by atoms with Crippen LogP contribution in [0.15, 0.2) is 42.7 Å². The molecule has 3 nitrogen and oxygen atoms in total. The summed E-state index contributed by atoms with van der Waals surface area (Å²) < 4.78 is 1.18. The molecule has 0 saturated heterocycles. The second-order valence-corrected chi connectivity index (χ2v) is 5.07. The number of benzene rings is 1. The van der Waals surface area contributed by atoms with Gasteiger partial charge in [0.05, 0.1) is 5.56 Å². The highest BCUT2D eigenvalue weighted by molar-refractivity contribution is 7.22. The Morgan fingerprint density at radius 3 is 2.89 bits per heavy atom. The molecule has 0 aliphatic carbocycles. The summed E-state index contributed by atoms with van der Waals surface area (Å²) in [6.45, 7) is 0. The molecule has 0 saturated carbocycles. The summed E-state index contributed by atoms with van der Waals surface area (Å²) in [4.78, 5) is 5.18. The maximum Gasteiger partial charge on any atom is 0.101 e. The molecule has 2 aromatic heterocycles. The van der Waals surface area contributed by atoms with Crippen LogP contribution in [0.1, 0.15) is 5.56 Å². The number of nitriles is 1. The summed E-state index contributed by atoms with van der Waals surface area (Å²) in [6, 6.07) is 11.9. The number of thiophene rings is 1. The fourth-order valence-electron chi connectivity index (χ4n) is 1.84. The zero-order valence-electron chi connectivity index (χ0n) is 9.42. The van der Waals surface area contributed by atoms with Crippen molar-refractivity contribution in [2.75, 3.05) is 5.73 Å². The number of aromatic nitrogens is 1. The molecule has 0 unspecified atom stereocenters. The molecule has 0 atom stereocenters. The van der Waals surface area contributed by atoms with E-state index in [9.17, 15) is 0 Å². The second kappa shape index (κ2) is 4.13. The molecule has 86 valence electrons. The van der Waals surface area contributed by atoms with Crippen LogP contribution in [0, 0.1) is 11.3 Å². The van der Waals surface area contributed by atoms with Crippen LogP contribution < -0.4 is 5.73 Å². The van der Waals surface area contributed by atoms with Crippen LogP contribution in [0.4, 0.5) is 5.69 Å². The fraction of sp³-hybridized carbons (Fsp3) is 0. The lowest BCUT2D eigenvalue weighted by molar-refractivity contribution is 1.31. The van der Waals surface area contributed by atoms with E-state index in [2.05, 4.69) is 17.1 Å². The van der Waals surface area contributed by atoms with E-state index in [1.807, 2.05) is 24.3 Å². The van der Waals surface area contributed by atoms with Gasteiger partial charge in [-0.05, 0) is 35.7 Å². The Balaban J connectivity index is 2.16. The summed E-state index contributed by atoms with van der Waals surface area (Å²) >= 11 is 1.67. The van der Waals surface area contributed by atoms with Crippen molar-refractivity contribution < 1.29 is 0 Å². The smallest absolute Gasteiger partial charge is 0.101 e. The van der Waals surface area contributed by atoms with Crippen molar-refractivity contribution in [3.63, 3.8) is 0 Å². The standard InChI is InChI=1S/C14H9N3S/c15-6-9-3-11(8-17-7-9)14-5-10-4-12(16)1-2-13(10)18-14/h1-5,7-8H,16H2. The van der Waals surface area contributed by atoms with Gasteiger partial charge in [0.2, 0.25) is 0 Å². The van der Waals surface area contributed by atoms with E-state index >= 15 is 0 Å². The number of nitrogens with zero attached hydrogens (tertiary/aromatic N) is 2. The largest absolute Gasteiger partial charge is 0.399 e. The maximum atomic E-state index is 8.88. The van der Waals surface area contributed by atoms with Crippen molar-refractivity contribution in [2.45, 2.75) is 0 Å². The van der Waals surface area contributed by atoms with Crippen LogP contribution in [-0.4, -0.2) is 4.98 Å². The Morgan fingerprint density at radius 2 is 2.06 bits per heavy atom. The monoisotopic (exact) mass is 251 g/mol. The highest BCUT2D eigenvalue weighted by atomic mass is 32.1. The van der Waals surface area contributed by atoms with E-state index in [1.54, 1.807) is 23.7 Å². The minimum absolute atomic E-state index is 0.574. The van der Waals surface area contributed by atoms with Crippen molar-refractivity contribution in [3.8, 4) is 16.5 Å². The van der Waals surface area contributed by atoms with Crippen LogP contribution in [0.25, 0.3) is 20.5 Å². The molecular formula is C14H9N3S. The first kappa shape index (κ1) is 10.8. The third kappa shape index (κ3) is 1.81. The van der Waals surface area contributed by atoms with Crippen LogP contribution in [0.5, 0.6) is 0 Å². The van der Waals surface area contributed by atoms with Gasteiger partial charge in [-0.1, -0.05) is 0 Å². The summed E-state index contributed by atoms with van der Waals surface area (Å²) in [5.74, 6) is 0. The molecule has 2 heterocycles. The second-order valence-electron chi connectivity index (χ2n) is 3.98. The normalized spacial score (nSPS) is 10.4. The molecular weight excluding hydrogens is 242 g/mol. The quantitative estimate of drug-likeness (QED) is 0.674. The van der Waals surface area contributed by atoms with Crippen molar-refractivity contribution in [2.24, 2.45) is 0 Å². The summed E-state index contributed by atoms with van der Waals surface area (Å²) in [6.07, 6.45) is 3.34. The lowest BCUT2D eigenvalue weighted by Crippen LogP contribution is -1.81. The van der Waals surface area contributed by atoms with Gasteiger partial charge in [0.1, 0.15) is 6.07 Å². The Kier molecular flexibility index (Phi) is 2.47. The number of rotatable bonds is 1. The summed E-state index contributed by atoms with van der Waals surface area (Å²) in [5.41, 5.74) is 8.07. The first-order valence-corrected chi connectivity index (χ1v) is 6.22. The van der Waals surface area contributed by atoms with Crippen LogP contribution >= 0.6 is 11.3 Å². The molecule has 3 rings (SSSR count). The molecule has 0 bridgehead atoms. The highest BCUT2D eigenvalue weighted by Crippen LogP contribution is 2.34. The maximum absolute atomic E-state index is 8.88. The minimum Gasteiger partial charge on any atom is -0.399 e. The average Bonchev–Trinajstić information content (AvgIpc) is 2.81. The van der Waals surface area contributed by atoms with E-state index in [-0.39, 0.29) is 0 Å². The third-order valence-corrected chi connectivity index (χ3v) is 3.86. The molecule has 0 fully saturated rings. The topological polar surface area (TPSA) is 62.7 Å². The van der Waals surface area contributed by atoms with Crippen molar-refractivity contribution in [1.82, 2.24) is 4.98 Å². The van der Waals surface area contributed by atoms with Gasteiger partial charge in [0.15, 0.2) is 0 Å². The Labute approximate surface area is 108 Å². The Bertz CT molecular complexity index is 768. The van der Waals surface area contributed by atoms with Crippen molar-refractivity contribution in [3.05, 3.63) is 48.3 Å². The molecule has 0 aliphatic rings. The summed E-state index contributed by atoms with van der Waals surface area (Å²) in [5, 5.41) is 10.0. The molecule has 4 heteroatoms. The van der Waals surface area contributed by atoms with E-state index < -0.39 is 0 Å². The molecule has 1 aromatic carbocycles. The van der Waals surface area contributed by atoms with Gasteiger partial charge in [-0.2, -0.15) is 5.26 Å². The lowest BCUT2D eigenvalue weighted by Gasteiger charge is -1.95. The van der Waals surface area contributed by atoms with Gasteiger partial charge in [-0.15, -0.1) is 11.3 Å². The van der Waals surface area contributed by atoms with Gasteiger partial charge in [0.25, 0.3) is 0 Å². The SMILES string of the molecule is N#Cc1cncc(-c2cc3cc(N)ccc3s2)c1. The zero-order valence-corrected chi connectivity index (χ0v) is 10.2. The minimum atomic E-state index is 0.574. The molecule has 0 amide bonds. The van der Waals surface area contributed by atoms with E-state index in [4.69, 9.17) is 11.0 Å². The first-order chi connectivity index (χ1) is 8.76. The van der Waals surface area contributed by atoms with Crippen LogP contribution in [0.3, 0.4) is 0 Å². The third-order valence-electron chi connectivity index (χ3n) is 2.69. The molecule has 2 N–H and O–H groups in total. The lowest BCUT2D eigenvalue weighted by atomic mass is 10.1. The number of nitrogen functional groups attached to an aromatic ring is 1. The van der Waals surface area contributed by atoms with E-state index in [0.717, 1.165) is 21.5 Å². The number of hydrogen-bond acceptors (Lipinski definition) is 4. The van der Waals surface area contributed by atoms with E-state index in [1.165, 1.54) is 4.70 Å². The average molecular weight is 251 g/mol. The molecule has 18 heavy (non-hydrogen) atoms. The molecule has 3 aromatic rings. The van der Waals surface area contributed by atoms with Gasteiger partial charge in [0, 0.05) is 33.2 Å². The first-order valence-electron chi connectivity index (χ1n) is 5.41. The predicted octanol–water partition coefficient (Wildman–Crippen LogP) is 3.42.